The van der Waals surface area contributed by atoms with Crippen LogP contribution in [-0.4, -0.2) is 12.2 Å². The van der Waals surface area contributed by atoms with Gasteiger partial charge in [-0.25, -0.2) is 0 Å². The van der Waals surface area contributed by atoms with Crippen molar-refractivity contribution in [2.45, 2.75) is 6.92 Å². The van der Waals surface area contributed by atoms with Crippen LogP contribution in [0.2, 0.25) is 0 Å². The zero-order chi connectivity index (χ0) is 7.98. The first-order chi connectivity index (χ1) is 4.80. The van der Waals surface area contributed by atoms with E-state index in [1.165, 1.54) is 7.05 Å². The average Bonchev–Trinajstić information content (AvgIpc) is 2.00. The van der Waals surface area contributed by atoms with Crippen LogP contribution in [-0.2, 0) is 0 Å². The van der Waals surface area contributed by atoms with Gasteiger partial charge in [-0.3, -0.25) is 0 Å². The van der Waals surface area contributed by atoms with E-state index < -0.39 is 0 Å². The number of hydrogen-bond acceptors (Lipinski definition) is 2. The summed E-state index contributed by atoms with van der Waals surface area (Å²) in [5.74, 6) is 0.368. The standard InChI is InChI=1S/C7H8O.CH5N/c1-6-4-2-3-5-7(6)8;1-2/h2-5,8H,1H3;2H2,1H3. The lowest BCUT2D eigenvalue weighted by molar-refractivity contribution is 0.471. The molecule has 3 N–H and O–H groups in total. The molecule has 2 nitrogen and oxygen atoms in total. The van der Waals surface area contributed by atoms with Gasteiger partial charge in [-0.15, -0.1) is 0 Å². The number of benzene rings is 1. The van der Waals surface area contributed by atoms with Crippen molar-refractivity contribution in [2.75, 3.05) is 7.05 Å². The molecule has 56 valence electrons. The molecule has 0 aliphatic heterocycles. The minimum absolute atomic E-state index is 0.368. The van der Waals surface area contributed by atoms with Crippen LogP contribution in [0.15, 0.2) is 24.3 Å². The maximum Gasteiger partial charge on any atom is 0.118 e. The molecule has 2 heteroatoms. The quantitative estimate of drug-likeness (QED) is 0.568. The molecule has 0 aromatic heterocycles. The van der Waals surface area contributed by atoms with E-state index in [1.54, 1.807) is 6.07 Å². The van der Waals surface area contributed by atoms with Crippen molar-refractivity contribution in [3.8, 4) is 5.75 Å². The summed E-state index contributed by atoms with van der Waals surface area (Å²) in [5.41, 5.74) is 5.42. The van der Waals surface area contributed by atoms with Gasteiger partial charge in [0.2, 0.25) is 0 Å². The Labute approximate surface area is 61.3 Å². The first-order valence-corrected chi connectivity index (χ1v) is 3.13. The molecule has 0 fully saturated rings. The number of phenolic OH excluding ortho intramolecular Hbond substituents is 1. The minimum Gasteiger partial charge on any atom is -0.508 e. The molecule has 0 unspecified atom stereocenters. The molecule has 0 amide bonds. The van der Waals surface area contributed by atoms with Crippen LogP contribution in [0.1, 0.15) is 5.56 Å². The van der Waals surface area contributed by atoms with Gasteiger partial charge in [-0.05, 0) is 25.6 Å². The maximum absolute atomic E-state index is 8.92. The fourth-order valence-corrected chi connectivity index (χ4v) is 0.563. The molecule has 0 aliphatic rings. The van der Waals surface area contributed by atoms with Crippen molar-refractivity contribution in [1.82, 2.24) is 0 Å². The predicted octanol–water partition coefficient (Wildman–Crippen LogP) is 1.28. The van der Waals surface area contributed by atoms with Gasteiger partial charge >= 0.3 is 0 Å². The second-order valence-electron chi connectivity index (χ2n) is 1.79. The summed E-state index contributed by atoms with van der Waals surface area (Å²) in [6.45, 7) is 1.87. The van der Waals surface area contributed by atoms with Crippen molar-refractivity contribution in [3.05, 3.63) is 29.8 Å². The molecule has 1 aromatic rings. The van der Waals surface area contributed by atoms with Crippen molar-refractivity contribution in [3.63, 3.8) is 0 Å². The highest BCUT2D eigenvalue weighted by Crippen LogP contribution is 2.12. The Morgan fingerprint density at radius 1 is 1.20 bits per heavy atom. The summed E-state index contributed by atoms with van der Waals surface area (Å²) in [6.07, 6.45) is 0. The fourth-order valence-electron chi connectivity index (χ4n) is 0.563. The molecule has 1 rings (SSSR count). The first-order valence-electron chi connectivity index (χ1n) is 3.13. The molecule has 0 saturated carbocycles. The van der Waals surface area contributed by atoms with E-state index >= 15 is 0 Å². The van der Waals surface area contributed by atoms with Crippen LogP contribution >= 0.6 is 0 Å². The SMILES string of the molecule is CN.Cc1ccccc1O. The average molecular weight is 139 g/mol. The summed E-state index contributed by atoms with van der Waals surface area (Å²) < 4.78 is 0. The molecular formula is C8H13NO. The normalized spacial score (nSPS) is 7.90. The van der Waals surface area contributed by atoms with Gasteiger partial charge in [-0.2, -0.15) is 0 Å². The number of rotatable bonds is 0. The Morgan fingerprint density at radius 3 is 2.00 bits per heavy atom. The van der Waals surface area contributed by atoms with Crippen LogP contribution in [0.25, 0.3) is 0 Å². The van der Waals surface area contributed by atoms with Gasteiger partial charge in [0.15, 0.2) is 0 Å². The van der Waals surface area contributed by atoms with Crippen molar-refractivity contribution >= 4 is 0 Å². The van der Waals surface area contributed by atoms with Crippen LogP contribution < -0.4 is 5.73 Å². The summed E-state index contributed by atoms with van der Waals surface area (Å²) in [5, 5.41) is 8.92. The number of hydrogen-bond donors (Lipinski definition) is 2. The number of aromatic hydroxyl groups is 1. The smallest absolute Gasteiger partial charge is 0.118 e. The van der Waals surface area contributed by atoms with Gasteiger partial charge in [0, 0.05) is 0 Å². The second kappa shape index (κ2) is 4.82. The van der Waals surface area contributed by atoms with Gasteiger partial charge in [0.05, 0.1) is 0 Å². The monoisotopic (exact) mass is 139 g/mol. The van der Waals surface area contributed by atoms with E-state index in [0.717, 1.165) is 5.56 Å². The van der Waals surface area contributed by atoms with E-state index in [4.69, 9.17) is 5.11 Å². The Bertz CT molecular complexity index is 165. The highest BCUT2D eigenvalue weighted by molar-refractivity contribution is 5.29. The first kappa shape index (κ1) is 8.98. The van der Waals surface area contributed by atoms with E-state index in [-0.39, 0.29) is 0 Å². The van der Waals surface area contributed by atoms with Gasteiger partial charge < -0.3 is 10.8 Å². The molecule has 0 saturated heterocycles. The highest BCUT2D eigenvalue weighted by atomic mass is 16.3. The third-order valence-corrected chi connectivity index (χ3v) is 1.12. The Morgan fingerprint density at radius 2 is 1.70 bits per heavy atom. The molecule has 0 spiro atoms. The lowest BCUT2D eigenvalue weighted by Crippen LogP contribution is -1.69. The highest BCUT2D eigenvalue weighted by Gasteiger charge is 1.86. The molecule has 0 aliphatic carbocycles. The van der Waals surface area contributed by atoms with E-state index in [0.29, 0.717) is 5.75 Å². The predicted molar refractivity (Wildman–Crippen MR) is 43.0 cm³/mol. The Hall–Kier alpha value is -1.02. The lowest BCUT2D eigenvalue weighted by atomic mass is 10.2. The molecule has 0 heterocycles. The molecule has 0 radical (unpaired) electrons. The Balaban J connectivity index is 0.000000371. The largest absolute Gasteiger partial charge is 0.508 e. The van der Waals surface area contributed by atoms with E-state index in [1.807, 2.05) is 25.1 Å². The van der Waals surface area contributed by atoms with Gasteiger partial charge in [-0.1, -0.05) is 18.2 Å². The lowest BCUT2D eigenvalue weighted by Gasteiger charge is -1.92. The van der Waals surface area contributed by atoms with E-state index in [9.17, 15) is 0 Å². The van der Waals surface area contributed by atoms with Crippen LogP contribution in [0.5, 0.6) is 5.75 Å². The topological polar surface area (TPSA) is 46.2 Å². The molecule has 1 aromatic carbocycles. The second-order valence-corrected chi connectivity index (χ2v) is 1.79. The molecule has 0 bridgehead atoms. The number of phenols is 1. The van der Waals surface area contributed by atoms with Crippen LogP contribution in [0, 0.1) is 6.92 Å². The molecular weight excluding hydrogens is 126 g/mol. The van der Waals surface area contributed by atoms with Gasteiger partial charge in [0.25, 0.3) is 0 Å². The van der Waals surface area contributed by atoms with Gasteiger partial charge in [0.1, 0.15) is 5.75 Å². The Kier molecular flexibility index (Phi) is 4.33. The third-order valence-electron chi connectivity index (χ3n) is 1.12. The number of para-hydroxylation sites is 1. The zero-order valence-corrected chi connectivity index (χ0v) is 6.33. The van der Waals surface area contributed by atoms with Crippen molar-refractivity contribution < 1.29 is 5.11 Å². The number of nitrogens with two attached hydrogens (primary N) is 1. The fraction of sp³-hybridized carbons (Fsp3) is 0.250. The summed E-state index contributed by atoms with van der Waals surface area (Å²) in [6, 6.07) is 7.25. The summed E-state index contributed by atoms with van der Waals surface area (Å²) in [4.78, 5) is 0. The van der Waals surface area contributed by atoms with E-state index in [2.05, 4.69) is 5.73 Å². The minimum atomic E-state index is 0.368. The zero-order valence-electron chi connectivity index (χ0n) is 6.33. The van der Waals surface area contributed by atoms with Crippen LogP contribution in [0.3, 0.4) is 0 Å². The maximum atomic E-state index is 8.92. The van der Waals surface area contributed by atoms with Crippen molar-refractivity contribution in [2.24, 2.45) is 5.73 Å². The molecule has 10 heavy (non-hydrogen) atoms. The molecule has 0 atom stereocenters. The third kappa shape index (κ3) is 2.51. The summed E-state index contributed by atoms with van der Waals surface area (Å²) in [7, 11) is 1.50. The van der Waals surface area contributed by atoms with Crippen LogP contribution in [0.4, 0.5) is 0 Å². The number of aryl methyl sites for hydroxylation is 1. The van der Waals surface area contributed by atoms with Crippen molar-refractivity contribution in [1.29, 1.82) is 0 Å². The summed E-state index contributed by atoms with van der Waals surface area (Å²) >= 11 is 0.